The fourth-order valence-electron chi connectivity index (χ4n) is 1.93. The van der Waals surface area contributed by atoms with Gasteiger partial charge in [0.05, 0.1) is 0 Å². The Labute approximate surface area is 101 Å². The van der Waals surface area contributed by atoms with Gasteiger partial charge in [0.15, 0.2) is 0 Å². The van der Waals surface area contributed by atoms with Gasteiger partial charge in [0.25, 0.3) is 0 Å². The summed E-state index contributed by atoms with van der Waals surface area (Å²) in [5.74, 6) is -0.369. The molecule has 0 bridgehead atoms. The molecule has 0 aliphatic carbocycles. The van der Waals surface area contributed by atoms with Crippen molar-refractivity contribution in [3.63, 3.8) is 0 Å². The van der Waals surface area contributed by atoms with Crippen LogP contribution >= 0.6 is 0 Å². The third-order valence-corrected chi connectivity index (χ3v) is 2.93. The Morgan fingerprint density at radius 3 is 2.41 bits per heavy atom. The molecule has 0 spiro atoms. The molecule has 2 heteroatoms. The van der Waals surface area contributed by atoms with Crippen LogP contribution in [0, 0.1) is 19.7 Å². The van der Waals surface area contributed by atoms with Gasteiger partial charge in [0.2, 0.25) is 0 Å². The van der Waals surface area contributed by atoms with E-state index in [1.165, 1.54) is 6.07 Å². The van der Waals surface area contributed by atoms with Gasteiger partial charge < -0.3 is 5.11 Å². The zero-order valence-electron chi connectivity index (χ0n) is 9.94. The summed E-state index contributed by atoms with van der Waals surface area (Å²) in [6, 6.07) is 12.3. The van der Waals surface area contributed by atoms with E-state index >= 15 is 0 Å². The first kappa shape index (κ1) is 11.8. The van der Waals surface area contributed by atoms with E-state index in [0.29, 0.717) is 5.56 Å². The lowest BCUT2D eigenvalue weighted by Crippen LogP contribution is -2.04. The topological polar surface area (TPSA) is 20.2 Å². The van der Waals surface area contributed by atoms with Crippen LogP contribution in [0.3, 0.4) is 0 Å². The number of hydrogen-bond donors (Lipinski definition) is 1. The molecule has 0 aliphatic heterocycles. The molecule has 17 heavy (non-hydrogen) atoms. The molecule has 0 fully saturated rings. The van der Waals surface area contributed by atoms with Gasteiger partial charge in [0.1, 0.15) is 11.9 Å². The van der Waals surface area contributed by atoms with Crippen LogP contribution in [0.15, 0.2) is 42.5 Å². The molecule has 88 valence electrons. The first-order valence-corrected chi connectivity index (χ1v) is 5.59. The number of aryl methyl sites for hydroxylation is 2. The van der Waals surface area contributed by atoms with Crippen molar-refractivity contribution in [3.8, 4) is 0 Å². The summed E-state index contributed by atoms with van der Waals surface area (Å²) in [5.41, 5.74) is 2.98. The summed E-state index contributed by atoms with van der Waals surface area (Å²) in [5, 5.41) is 10.2. The molecule has 1 N–H and O–H groups in total. The van der Waals surface area contributed by atoms with Gasteiger partial charge in [-0.1, -0.05) is 42.0 Å². The Hall–Kier alpha value is -1.67. The summed E-state index contributed by atoms with van der Waals surface area (Å²) < 4.78 is 13.7. The lowest BCUT2D eigenvalue weighted by Gasteiger charge is -2.15. The van der Waals surface area contributed by atoms with Crippen LogP contribution < -0.4 is 0 Å². The van der Waals surface area contributed by atoms with E-state index in [1.807, 2.05) is 38.1 Å². The predicted octanol–water partition coefficient (Wildman–Crippen LogP) is 3.52. The van der Waals surface area contributed by atoms with Crippen molar-refractivity contribution in [2.45, 2.75) is 20.0 Å². The number of benzene rings is 2. The second-order valence-electron chi connectivity index (χ2n) is 4.28. The van der Waals surface area contributed by atoms with Gasteiger partial charge in [0, 0.05) is 5.56 Å². The lowest BCUT2D eigenvalue weighted by molar-refractivity contribution is 0.214. The van der Waals surface area contributed by atoms with Gasteiger partial charge in [-0.2, -0.15) is 0 Å². The molecule has 0 aliphatic rings. The summed E-state index contributed by atoms with van der Waals surface area (Å²) in [4.78, 5) is 0. The highest BCUT2D eigenvalue weighted by atomic mass is 19.1. The highest BCUT2D eigenvalue weighted by molar-refractivity contribution is 5.37. The van der Waals surface area contributed by atoms with E-state index in [0.717, 1.165) is 16.7 Å². The molecule has 1 unspecified atom stereocenters. The van der Waals surface area contributed by atoms with E-state index in [-0.39, 0.29) is 5.82 Å². The molecular weight excluding hydrogens is 215 g/mol. The van der Waals surface area contributed by atoms with E-state index < -0.39 is 6.10 Å². The van der Waals surface area contributed by atoms with Crippen LogP contribution in [0.5, 0.6) is 0 Å². The second kappa shape index (κ2) is 4.68. The zero-order valence-corrected chi connectivity index (χ0v) is 9.94. The minimum atomic E-state index is -0.906. The van der Waals surface area contributed by atoms with Crippen molar-refractivity contribution in [2.24, 2.45) is 0 Å². The standard InChI is InChI=1S/C15H15FO/c1-10-7-8-14(16)13(9-10)15(17)12-6-4-3-5-11(12)2/h3-9,15,17H,1-2H3. The third kappa shape index (κ3) is 2.37. The normalized spacial score (nSPS) is 12.5. The Kier molecular flexibility index (Phi) is 3.25. The van der Waals surface area contributed by atoms with E-state index in [4.69, 9.17) is 0 Å². The fraction of sp³-hybridized carbons (Fsp3) is 0.200. The fourth-order valence-corrected chi connectivity index (χ4v) is 1.93. The molecule has 2 rings (SSSR count). The van der Waals surface area contributed by atoms with E-state index in [2.05, 4.69) is 0 Å². The van der Waals surface area contributed by atoms with Crippen molar-refractivity contribution >= 4 is 0 Å². The SMILES string of the molecule is Cc1ccc(F)c(C(O)c2ccccc2C)c1. The molecule has 1 atom stereocenters. The van der Waals surface area contributed by atoms with Gasteiger partial charge in [-0.05, 0) is 31.0 Å². The molecule has 1 nitrogen and oxygen atoms in total. The van der Waals surface area contributed by atoms with Crippen LogP contribution in [-0.2, 0) is 0 Å². The summed E-state index contributed by atoms with van der Waals surface area (Å²) in [6.45, 7) is 3.79. The molecule has 0 radical (unpaired) electrons. The summed E-state index contributed by atoms with van der Waals surface area (Å²) in [6.07, 6.45) is -0.906. The van der Waals surface area contributed by atoms with Gasteiger partial charge >= 0.3 is 0 Å². The first-order chi connectivity index (χ1) is 8.09. The van der Waals surface area contributed by atoms with E-state index in [9.17, 15) is 9.50 Å². The van der Waals surface area contributed by atoms with Crippen molar-refractivity contribution < 1.29 is 9.50 Å². The maximum atomic E-state index is 13.7. The molecule has 0 heterocycles. The summed E-state index contributed by atoms with van der Waals surface area (Å²) in [7, 11) is 0. The quantitative estimate of drug-likeness (QED) is 0.836. The largest absolute Gasteiger partial charge is 0.384 e. The Morgan fingerprint density at radius 2 is 1.71 bits per heavy atom. The van der Waals surface area contributed by atoms with Crippen molar-refractivity contribution in [2.75, 3.05) is 0 Å². The number of aliphatic hydroxyl groups is 1. The average Bonchev–Trinajstić information content (AvgIpc) is 2.32. The van der Waals surface area contributed by atoms with Gasteiger partial charge in [-0.3, -0.25) is 0 Å². The Bertz CT molecular complexity index is 534. The molecule has 0 saturated heterocycles. The second-order valence-corrected chi connectivity index (χ2v) is 4.28. The van der Waals surface area contributed by atoms with Crippen LogP contribution in [0.25, 0.3) is 0 Å². The Morgan fingerprint density at radius 1 is 1.00 bits per heavy atom. The minimum absolute atomic E-state index is 0.333. The maximum absolute atomic E-state index is 13.7. The van der Waals surface area contributed by atoms with Crippen molar-refractivity contribution in [1.29, 1.82) is 0 Å². The average molecular weight is 230 g/mol. The predicted molar refractivity (Wildman–Crippen MR) is 66.4 cm³/mol. The van der Waals surface area contributed by atoms with Gasteiger partial charge in [-0.15, -0.1) is 0 Å². The highest BCUT2D eigenvalue weighted by Gasteiger charge is 2.16. The van der Waals surface area contributed by atoms with Crippen LogP contribution in [0.4, 0.5) is 4.39 Å². The number of halogens is 1. The van der Waals surface area contributed by atoms with Gasteiger partial charge in [-0.25, -0.2) is 4.39 Å². The third-order valence-electron chi connectivity index (χ3n) is 2.93. The zero-order chi connectivity index (χ0) is 12.4. The molecule has 0 amide bonds. The monoisotopic (exact) mass is 230 g/mol. The maximum Gasteiger partial charge on any atom is 0.129 e. The van der Waals surface area contributed by atoms with Crippen LogP contribution in [0.1, 0.15) is 28.4 Å². The number of hydrogen-bond acceptors (Lipinski definition) is 1. The van der Waals surface area contributed by atoms with Crippen molar-refractivity contribution in [3.05, 3.63) is 70.5 Å². The number of aliphatic hydroxyl groups excluding tert-OH is 1. The first-order valence-electron chi connectivity index (χ1n) is 5.59. The molecule has 2 aromatic rings. The lowest BCUT2D eigenvalue weighted by atomic mass is 9.96. The molecular formula is C15H15FO. The Balaban J connectivity index is 2.47. The molecule has 2 aromatic carbocycles. The highest BCUT2D eigenvalue weighted by Crippen LogP contribution is 2.27. The molecule has 0 aromatic heterocycles. The van der Waals surface area contributed by atoms with Crippen LogP contribution in [0.2, 0.25) is 0 Å². The van der Waals surface area contributed by atoms with Crippen LogP contribution in [-0.4, -0.2) is 5.11 Å². The summed E-state index contributed by atoms with van der Waals surface area (Å²) >= 11 is 0. The minimum Gasteiger partial charge on any atom is -0.384 e. The smallest absolute Gasteiger partial charge is 0.129 e. The van der Waals surface area contributed by atoms with Crippen molar-refractivity contribution in [1.82, 2.24) is 0 Å². The van der Waals surface area contributed by atoms with E-state index in [1.54, 1.807) is 12.1 Å². The number of rotatable bonds is 2. The molecule has 0 saturated carbocycles.